The molecule has 0 aromatic carbocycles. The van der Waals surface area contributed by atoms with Crippen molar-refractivity contribution in [1.82, 2.24) is 4.98 Å². The van der Waals surface area contributed by atoms with Crippen molar-refractivity contribution >= 4 is 7.25 Å². The molecule has 0 aliphatic rings. The fraction of sp³-hybridized carbons (Fsp3) is 0.429. The second-order valence-electron chi connectivity index (χ2n) is 2.53. The lowest BCUT2D eigenvalue weighted by atomic mass is 10.3. The van der Waals surface area contributed by atoms with Crippen molar-refractivity contribution in [2.75, 3.05) is 7.11 Å². The van der Waals surface area contributed by atoms with Crippen molar-refractivity contribution in [3.05, 3.63) is 24.8 Å². The summed E-state index contributed by atoms with van der Waals surface area (Å²) in [7, 11) is -4.33. The lowest BCUT2D eigenvalue weighted by molar-refractivity contribution is -0.759. The first-order chi connectivity index (χ1) is 6.84. The van der Waals surface area contributed by atoms with Gasteiger partial charge in [0.1, 0.15) is 6.20 Å². The van der Waals surface area contributed by atoms with E-state index in [9.17, 15) is 17.3 Å². The second kappa shape index (κ2) is 6.33. The largest absolute Gasteiger partial charge is 0.673 e. The van der Waals surface area contributed by atoms with Crippen LogP contribution in [0.3, 0.4) is 0 Å². The molecule has 86 valence electrons. The van der Waals surface area contributed by atoms with Crippen LogP contribution in [-0.2, 0) is 4.74 Å². The van der Waals surface area contributed by atoms with Gasteiger partial charge in [0.05, 0.1) is 6.20 Å². The van der Waals surface area contributed by atoms with E-state index in [1.54, 1.807) is 19.6 Å². The van der Waals surface area contributed by atoms with E-state index in [1.165, 1.54) is 0 Å². The number of aromatic nitrogens is 2. The molecule has 1 atom stereocenters. The van der Waals surface area contributed by atoms with Crippen LogP contribution in [0, 0.1) is 0 Å². The summed E-state index contributed by atoms with van der Waals surface area (Å²) in [4.78, 5) is 3.94. The molecule has 1 aromatic heterocycles. The van der Waals surface area contributed by atoms with Crippen molar-refractivity contribution < 1.29 is 26.6 Å². The summed E-state index contributed by atoms with van der Waals surface area (Å²) in [6, 6.07) is 1.87. The number of methoxy groups -OCH3 is 1. The molecule has 0 N–H and O–H groups in total. The fourth-order valence-corrected chi connectivity index (χ4v) is 0.678. The molecule has 1 heterocycles. The zero-order valence-corrected chi connectivity index (χ0v) is 8.28. The Morgan fingerprint density at radius 3 is 2.20 bits per heavy atom. The highest BCUT2D eigenvalue weighted by Crippen LogP contribution is 2.06. The smallest absolute Gasteiger partial charge is 0.418 e. The van der Waals surface area contributed by atoms with Crippen LogP contribution >= 0.6 is 0 Å². The number of halogens is 4. The van der Waals surface area contributed by atoms with E-state index in [-0.39, 0.29) is 6.23 Å². The zero-order valence-electron chi connectivity index (χ0n) is 8.28. The van der Waals surface area contributed by atoms with Crippen LogP contribution in [0.1, 0.15) is 13.2 Å². The molecular formula is C7H11BF4N2O. The summed E-state index contributed by atoms with van der Waals surface area (Å²) in [5.41, 5.74) is 0. The highest BCUT2D eigenvalue weighted by Gasteiger charge is 2.20. The molecule has 8 heteroatoms. The van der Waals surface area contributed by atoms with Gasteiger partial charge < -0.3 is 22.0 Å². The molecule has 0 aliphatic carbocycles. The predicted molar refractivity (Wildman–Crippen MR) is 46.3 cm³/mol. The minimum atomic E-state index is -6.00. The normalized spacial score (nSPS) is 12.7. The Balaban J connectivity index is 0.000000336. The Morgan fingerprint density at radius 2 is 1.87 bits per heavy atom. The van der Waals surface area contributed by atoms with Crippen LogP contribution in [-0.4, -0.2) is 19.3 Å². The number of hydrogen-bond acceptors (Lipinski definition) is 2. The van der Waals surface area contributed by atoms with Crippen LogP contribution in [0.25, 0.3) is 0 Å². The van der Waals surface area contributed by atoms with E-state index in [1.807, 2.05) is 23.8 Å². The first-order valence-electron chi connectivity index (χ1n) is 4.05. The highest BCUT2D eigenvalue weighted by atomic mass is 19.5. The maximum Gasteiger partial charge on any atom is 0.673 e. The third kappa shape index (κ3) is 9.14. The second-order valence-corrected chi connectivity index (χ2v) is 2.53. The standard InChI is InChI=1S/C7H11N2O.BF4/c1-7(10-2)9-5-3-4-8-6-9;2-1(3,4)5/h3-7H,1-2H3;/q+1;-1. The minimum Gasteiger partial charge on any atom is -0.418 e. The van der Waals surface area contributed by atoms with E-state index in [0.29, 0.717) is 0 Å². The Morgan fingerprint density at radius 1 is 1.33 bits per heavy atom. The van der Waals surface area contributed by atoms with Gasteiger partial charge in [0.25, 0.3) is 6.33 Å². The summed E-state index contributed by atoms with van der Waals surface area (Å²) in [6.07, 6.45) is 5.45. The topological polar surface area (TPSA) is 26.0 Å². The molecule has 15 heavy (non-hydrogen) atoms. The molecule has 1 rings (SSSR count). The monoisotopic (exact) mass is 226 g/mol. The Labute approximate surface area is 84.8 Å². The van der Waals surface area contributed by atoms with Gasteiger partial charge in [0.2, 0.25) is 0 Å². The van der Waals surface area contributed by atoms with Crippen LogP contribution in [0.15, 0.2) is 24.8 Å². The summed E-state index contributed by atoms with van der Waals surface area (Å²) in [5, 5.41) is 0. The van der Waals surface area contributed by atoms with E-state index < -0.39 is 7.25 Å². The van der Waals surface area contributed by atoms with Gasteiger partial charge >= 0.3 is 7.25 Å². The van der Waals surface area contributed by atoms with Crippen molar-refractivity contribution in [1.29, 1.82) is 0 Å². The summed E-state index contributed by atoms with van der Waals surface area (Å²) < 4.78 is 45.9. The van der Waals surface area contributed by atoms with Gasteiger partial charge in [-0.05, 0) is 0 Å². The van der Waals surface area contributed by atoms with Gasteiger partial charge in [-0.3, -0.25) is 0 Å². The number of ether oxygens (including phenoxy) is 1. The third-order valence-electron chi connectivity index (χ3n) is 1.39. The molecule has 0 saturated heterocycles. The first kappa shape index (κ1) is 13.8. The van der Waals surface area contributed by atoms with E-state index in [4.69, 9.17) is 4.74 Å². The first-order valence-corrected chi connectivity index (χ1v) is 4.05. The Kier molecular flexibility index (Phi) is 5.84. The van der Waals surface area contributed by atoms with Gasteiger partial charge in [0.15, 0.2) is 6.23 Å². The minimum absolute atomic E-state index is 0.0636. The van der Waals surface area contributed by atoms with Gasteiger partial charge in [0, 0.05) is 20.1 Å². The SMILES string of the molecule is COC(C)[n+]1cccnc1.F[B-](F)(F)F. The molecule has 1 aromatic rings. The average molecular weight is 226 g/mol. The number of rotatable bonds is 2. The maximum absolute atomic E-state index is 9.75. The quantitative estimate of drug-likeness (QED) is 0.436. The lowest BCUT2D eigenvalue weighted by Gasteiger charge is -2.04. The summed E-state index contributed by atoms with van der Waals surface area (Å²) >= 11 is 0. The predicted octanol–water partition coefficient (Wildman–Crippen LogP) is 1.83. The van der Waals surface area contributed by atoms with Crippen LogP contribution in [0.4, 0.5) is 17.3 Å². The van der Waals surface area contributed by atoms with E-state index >= 15 is 0 Å². The van der Waals surface area contributed by atoms with Gasteiger partial charge in [-0.1, -0.05) is 4.98 Å². The van der Waals surface area contributed by atoms with E-state index in [0.717, 1.165) is 0 Å². The molecule has 0 spiro atoms. The Bertz CT molecular complexity index is 263. The van der Waals surface area contributed by atoms with Gasteiger partial charge in [-0.15, -0.1) is 0 Å². The van der Waals surface area contributed by atoms with Gasteiger partial charge in [-0.2, -0.15) is 0 Å². The van der Waals surface area contributed by atoms with Crippen molar-refractivity contribution in [3.63, 3.8) is 0 Å². The molecule has 0 radical (unpaired) electrons. The number of hydrogen-bond donors (Lipinski definition) is 0. The van der Waals surface area contributed by atoms with Crippen molar-refractivity contribution in [2.24, 2.45) is 0 Å². The maximum atomic E-state index is 9.75. The van der Waals surface area contributed by atoms with Crippen LogP contribution < -0.4 is 4.57 Å². The van der Waals surface area contributed by atoms with Crippen LogP contribution in [0.2, 0.25) is 0 Å². The molecule has 1 unspecified atom stereocenters. The summed E-state index contributed by atoms with van der Waals surface area (Å²) in [5.74, 6) is 0. The molecule has 3 nitrogen and oxygen atoms in total. The fourth-order valence-electron chi connectivity index (χ4n) is 0.678. The molecular weight excluding hydrogens is 215 g/mol. The summed E-state index contributed by atoms with van der Waals surface area (Å²) in [6.45, 7) is 1.96. The molecule has 0 fully saturated rings. The highest BCUT2D eigenvalue weighted by molar-refractivity contribution is 6.50. The molecule has 0 aliphatic heterocycles. The lowest BCUT2D eigenvalue weighted by Crippen LogP contribution is -2.38. The molecule has 0 amide bonds. The Hall–Kier alpha value is -1.18. The van der Waals surface area contributed by atoms with Gasteiger partial charge in [-0.25, -0.2) is 4.57 Å². The molecule has 0 bridgehead atoms. The molecule has 0 saturated carbocycles. The van der Waals surface area contributed by atoms with Crippen molar-refractivity contribution in [3.8, 4) is 0 Å². The third-order valence-corrected chi connectivity index (χ3v) is 1.39. The average Bonchev–Trinajstić information content (AvgIpc) is 2.15. The van der Waals surface area contributed by atoms with Crippen LogP contribution in [0.5, 0.6) is 0 Å². The van der Waals surface area contributed by atoms with E-state index in [2.05, 4.69) is 4.98 Å². The zero-order chi connectivity index (χ0) is 11.9. The number of nitrogens with zero attached hydrogens (tertiary/aromatic N) is 2. The van der Waals surface area contributed by atoms with Crippen molar-refractivity contribution in [2.45, 2.75) is 13.2 Å².